The first-order chi connectivity index (χ1) is 10.8. The monoisotopic (exact) mass is 359 g/mol. The maximum atomic E-state index is 11.9. The molecule has 0 aliphatic carbocycles. The van der Waals surface area contributed by atoms with Crippen molar-refractivity contribution in [2.45, 2.75) is 33.6 Å². The summed E-state index contributed by atoms with van der Waals surface area (Å²) in [7, 11) is 1.40. The number of carbonyl (C=O) groups excluding carboxylic acids is 3. The summed E-state index contributed by atoms with van der Waals surface area (Å²) < 4.78 is 4.79. The normalized spacial score (nSPS) is 10.5. The lowest BCUT2D eigenvalue weighted by atomic mass is 9.88. The summed E-state index contributed by atoms with van der Waals surface area (Å²) in [4.78, 5) is 35.7. The number of hydrogen-bond donors (Lipinski definition) is 1. The van der Waals surface area contributed by atoms with E-state index in [-0.39, 0.29) is 17.7 Å². The van der Waals surface area contributed by atoms with Gasteiger partial charge in [0.2, 0.25) is 5.91 Å². The van der Waals surface area contributed by atoms with E-state index >= 15 is 0 Å². The average Bonchev–Trinajstić information content (AvgIpc) is 2.47. The van der Waals surface area contributed by atoms with Crippen molar-refractivity contribution in [2.75, 3.05) is 19.0 Å². The molecule has 1 N–H and O–H groups in total. The van der Waals surface area contributed by atoms with Crippen molar-refractivity contribution in [1.29, 1.82) is 0 Å². The molecule has 0 saturated heterocycles. The summed E-state index contributed by atoms with van der Waals surface area (Å²) in [6.45, 7) is 5.18. The third-order valence-corrected chi connectivity index (χ3v) is 3.98. The SMILES string of the molecule is CCc1c(NC(=O)COC)c(C)c(C(=O)Cl)c(CC)c1C(=O)Cl. The van der Waals surface area contributed by atoms with E-state index in [1.54, 1.807) is 6.92 Å². The molecule has 0 unspecified atom stereocenters. The van der Waals surface area contributed by atoms with Crippen LogP contribution in [0, 0.1) is 6.92 Å². The minimum absolute atomic E-state index is 0.146. The second kappa shape index (κ2) is 8.43. The number of halogens is 2. The molecule has 0 heterocycles. The van der Waals surface area contributed by atoms with Crippen LogP contribution in [-0.2, 0) is 22.4 Å². The molecule has 7 heteroatoms. The van der Waals surface area contributed by atoms with Crippen LogP contribution in [0.2, 0.25) is 0 Å². The molecule has 0 aliphatic rings. The summed E-state index contributed by atoms with van der Waals surface area (Å²) in [5.74, 6) is -0.393. The number of benzene rings is 1. The largest absolute Gasteiger partial charge is 0.375 e. The first-order valence-electron chi connectivity index (χ1n) is 7.16. The van der Waals surface area contributed by atoms with Crippen LogP contribution in [0.1, 0.15) is 51.3 Å². The van der Waals surface area contributed by atoms with E-state index in [1.807, 2.05) is 13.8 Å². The Labute approximate surface area is 145 Å². The van der Waals surface area contributed by atoms with Crippen molar-refractivity contribution in [3.05, 3.63) is 27.8 Å². The summed E-state index contributed by atoms with van der Waals surface area (Å²) in [6.07, 6.45) is 0.878. The molecule has 0 radical (unpaired) electrons. The van der Waals surface area contributed by atoms with Crippen molar-refractivity contribution >= 4 is 45.3 Å². The number of methoxy groups -OCH3 is 1. The fraction of sp³-hybridized carbons (Fsp3) is 0.438. The van der Waals surface area contributed by atoms with Gasteiger partial charge in [0.25, 0.3) is 10.5 Å². The lowest BCUT2D eigenvalue weighted by Gasteiger charge is -2.21. The molecule has 0 aliphatic heterocycles. The molecule has 1 aromatic rings. The Bertz CT molecular complexity index is 656. The van der Waals surface area contributed by atoms with Gasteiger partial charge < -0.3 is 10.1 Å². The standard InChI is InChI=1S/C16H19Cl2NO4/c1-5-9-12(15(17)21)8(3)14(19-11(20)7-23-4)10(6-2)13(9)16(18)22/h5-7H2,1-4H3,(H,19,20). The Morgan fingerprint density at radius 3 is 1.91 bits per heavy atom. The lowest BCUT2D eigenvalue weighted by Crippen LogP contribution is -2.22. The molecule has 126 valence electrons. The van der Waals surface area contributed by atoms with E-state index in [4.69, 9.17) is 27.9 Å². The van der Waals surface area contributed by atoms with Gasteiger partial charge in [-0.2, -0.15) is 0 Å². The molecule has 1 rings (SSSR count). The van der Waals surface area contributed by atoms with Crippen LogP contribution in [-0.4, -0.2) is 30.1 Å². The van der Waals surface area contributed by atoms with Crippen molar-refractivity contribution in [3.8, 4) is 0 Å². The molecule has 0 bridgehead atoms. The van der Waals surface area contributed by atoms with Gasteiger partial charge in [-0.25, -0.2) is 0 Å². The number of rotatable bonds is 7. The number of hydrogen-bond acceptors (Lipinski definition) is 4. The van der Waals surface area contributed by atoms with Crippen molar-refractivity contribution in [2.24, 2.45) is 0 Å². The highest BCUT2D eigenvalue weighted by Crippen LogP contribution is 2.35. The van der Waals surface area contributed by atoms with Crippen molar-refractivity contribution in [1.82, 2.24) is 0 Å². The number of carbonyl (C=O) groups is 3. The molecule has 1 amide bonds. The quantitative estimate of drug-likeness (QED) is 0.756. The van der Waals surface area contributed by atoms with E-state index in [0.29, 0.717) is 35.2 Å². The summed E-state index contributed by atoms with van der Waals surface area (Å²) in [5, 5.41) is 1.32. The molecule has 0 spiro atoms. The Hall–Kier alpha value is -1.43. The van der Waals surface area contributed by atoms with Crippen LogP contribution >= 0.6 is 23.2 Å². The number of amides is 1. The molecule has 1 aromatic carbocycles. The van der Waals surface area contributed by atoms with E-state index in [9.17, 15) is 14.4 Å². The maximum Gasteiger partial charge on any atom is 0.253 e. The second-order valence-corrected chi connectivity index (χ2v) is 5.63. The predicted octanol–water partition coefficient (Wildman–Crippen LogP) is 3.46. The molecule has 5 nitrogen and oxygen atoms in total. The maximum absolute atomic E-state index is 11.9. The molecular weight excluding hydrogens is 341 g/mol. The van der Waals surface area contributed by atoms with Crippen LogP contribution in [0.3, 0.4) is 0 Å². The van der Waals surface area contributed by atoms with Gasteiger partial charge in [-0.15, -0.1) is 0 Å². The fourth-order valence-electron chi connectivity index (χ4n) is 2.70. The topological polar surface area (TPSA) is 72.5 Å². The predicted molar refractivity (Wildman–Crippen MR) is 90.8 cm³/mol. The zero-order valence-electron chi connectivity index (χ0n) is 13.5. The summed E-state index contributed by atoms with van der Waals surface area (Å²) in [5.41, 5.74) is 2.45. The van der Waals surface area contributed by atoms with Gasteiger partial charge >= 0.3 is 0 Å². The third-order valence-electron chi connectivity index (χ3n) is 3.60. The minimum Gasteiger partial charge on any atom is -0.375 e. The van der Waals surface area contributed by atoms with E-state index in [1.165, 1.54) is 7.11 Å². The minimum atomic E-state index is -0.691. The van der Waals surface area contributed by atoms with Gasteiger partial charge in [0.15, 0.2) is 0 Å². The Balaban J connectivity index is 3.77. The first kappa shape index (κ1) is 19.6. The smallest absolute Gasteiger partial charge is 0.253 e. The van der Waals surface area contributed by atoms with Gasteiger partial charge in [0.05, 0.1) is 0 Å². The number of nitrogens with one attached hydrogen (secondary N) is 1. The lowest BCUT2D eigenvalue weighted by molar-refractivity contribution is -0.119. The molecule has 0 saturated carbocycles. The molecule has 0 aromatic heterocycles. The number of anilines is 1. The Morgan fingerprint density at radius 1 is 1.00 bits per heavy atom. The van der Waals surface area contributed by atoms with Crippen LogP contribution in [0.25, 0.3) is 0 Å². The van der Waals surface area contributed by atoms with Crippen molar-refractivity contribution in [3.63, 3.8) is 0 Å². The first-order valence-corrected chi connectivity index (χ1v) is 7.92. The van der Waals surface area contributed by atoms with Crippen LogP contribution in [0.5, 0.6) is 0 Å². The highest BCUT2D eigenvalue weighted by atomic mass is 35.5. The summed E-state index contributed by atoms with van der Waals surface area (Å²) in [6, 6.07) is 0. The van der Waals surface area contributed by atoms with Gasteiger partial charge in [-0.3, -0.25) is 14.4 Å². The van der Waals surface area contributed by atoms with Gasteiger partial charge in [0.1, 0.15) is 6.61 Å². The Morgan fingerprint density at radius 2 is 1.52 bits per heavy atom. The third kappa shape index (κ3) is 4.10. The highest BCUT2D eigenvalue weighted by molar-refractivity contribution is 6.69. The van der Waals surface area contributed by atoms with E-state index < -0.39 is 16.4 Å². The summed E-state index contributed by atoms with van der Waals surface area (Å²) >= 11 is 11.4. The van der Waals surface area contributed by atoms with Gasteiger partial charge in [-0.1, -0.05) is 13.8 Å². The fourth-order valence-corrected chi connectivity index (χ4v) is 3.18. The van der Waals surface area contributed by atoms with Gasteiger partial charge in [0, 0.05) is 23.9 Å². The van der Waals surface area contributed by atoms with Crippen LogP contribution in [0.4, 0.5) is 5.69 Å². The Kier molecular flexibility index (Phi) is 7.19. The second-order valence-electron chi connectivity index (χ2n) is 4.94. The highest BCUT2D eigenvalue weighted by Gasteiger charge is 2.26. The van der Waals surface area contributed by atoms with Crippen molar-refractivity contribution < 1.29 is 19.1 Å². The molecule has 0 atom stereocenters. The van der Waals surface area contributed by atoms with E-state index in [2.05, 4.69) is 5.32 Å². The molecular formula is C16H19Cl2NO4. The molecule has 23 heavy (non-hydrogen) atoms. The van der Waals surface area contributed by atoms with Crippen LogP contribution < -0.4 is 5.32 Å². The molecule has 0 fully saturated rings. The van der Waals surface area contributed by atoms with Gasteiger partial charge in [-0.05, 0) is 59.7 Å². The van der Waals surface area contributed by atoms with Crippen LogP contribution in [0.15, 0.2) is 0 Å². The zero-order valence-corrected chi connectivity index (χ0v) is 15.0. The van der Waals surface area contributed by atoms with E-state index in [0.717, 1.165) is 0 Å². The zero-order chi connectivity index (χ0) is 17.7. The average molecular weight is 360 g/mol. The number of ether oxygens (including phenoxy) is 1.